The Morgan fingerprint density at radius 2 is 2.40 bits per heavy atom. The molecule has 15 heavy (non-hydrogen) atoms. The van der Waals surface area contributed by atoms with Crippen molar-refractivity contribution in [1.29, 1.82) is 0 Å². The van der Waals surface area contributed by atoms with Crippen molar-refractivity contribution in [2.24, 2.45) is 0 Å². The number of hydrogen-bond acceptors (Lipinski definition) is 3. The summed E-state index contributed by atoms with van der Waals surface area (Å²) in [7, 11) is 0. The van der Waals surface area contributed by atoms with Crippen molar-refractivity contribution in [2.45, 2.75) is 6.92 Å². The van der Waals surface area contributed by atoms with E-state index < -0.39 is 0 Å². The van der Waals surface area contributed by atoms with Crippen LogP contribution < -0.4 is 10.6 Å². The van der Waals surface area contributed by atoms with E-state index in [0.29, 0.717) is 12.4 Å². The average molecular weight is 225 g/mol. The summed E-state index contributed by atoms with van der Waals surface area (Å²) in [6.07, 6.45) is 1.64. The highest BCUT2D eigenvalue weighted by Gasteiger charge is 1.99. The van der Waals surface area contributed by atoms with Gasteiger partial charge >= 0.3 is 6.03 Å². The van der Waals surface area contributed by atoms with Crippen LogP contribution in [0, 0.1) is 0 Å². The van der Waals surface area contributed by atoms with Crippen LogP contribution in [-0.4, -0.2) is 29.1 Å². The highest BCUT2D eigenvalue weighted by atomic mass is 32.2. The summed E-state index contributed by atoms with van der Waals surface area (Å²) >= 11 is 1.80. The van der Waals surface area contributed by atoms with Gasteiger partial charge < -0.3 is 5.32 Å². The molecule has 2 amide bonds. The van der Waals surface area contributed by atoms with Crippen LogP contribution in [0.2, 0.25) is 0 Å². The monoisotopic (exact) mass is 225 g/mol. The van der Waals surface area contributed by atoms with Crippen molar-refractivity contribution in [3.63, 3.8) is 0 Å². The number of hydrogen-bond donors (Lipinski definition) is 2. The quantitative estimate of drug-likeness (QED) is 0.753. The smallest absolute Gasteiger partial charge is 0.320 e. The van der Waals surface area contributed by atoms with E-state index in [1.165, 1.54) is 0 Å². The number of nitrogens with one attached hydrogen (secondary N) is 2. The second kappa shape index (κ2) is 7.11. The number of carbonyl (C=O) groups excluding carboxylic acids is 1. The minimum absolute atomic E-state index is 0.203. The SMILES string of the molecule is CCSCCNC(=O)Nc1ccccn1. The number of rotatable bonds is 5. The lowest BCUT2D eigenvalue weighted by Gasteiger charge is -2.05. The number of carbonyl (C=O) groups is 1. The predicted molar refractivity (Wildman–Crippen MR) is 64.3 cm³/mol. The maximum atomic E-state index is 11.3. The van der Waals surface area contributed by atoms with Gasteiger partial charge in [0.25, 0.3) is 0 Å². The first-order valence-corrected chi connectivity index (χ1v) is 6.02. The maximum absolute atomic E-state index is 11.3. The molecule has 0 bridgehead atoms. The average Bonchev–Trinajstić information content (AvgIpc) is 2.26. The molecule has 0 aromatic carbocycles. The van der Waals surface area contributed by atoms with Gasteiger partial charge in [-0.15, -0.1) is 0 Å². The Morgan fingerprint density at radius 1 is 1.53 bits per heavy atom. The first kappa shape index (κ1) is 11.8. The number of amides is 2. The molecule has 82 valence electrons. The molecule has 0 atom stereocenters. The molecule has 0 aliphatic heterocycles. The van der Waals surface area contributed by atoms with Gasteiger partial charge in [-0.3, -0.25) is 5.32 Å². The fourth-order valence-electron chi connectivity index (χ4n) is 0.978. The van der Waals surface area contributed by atoms with E-state index in [9.17, 15) is 4.79 Å². The minimum Gasteiger partial charge on any atom is -0.337 e. The van der Waals surface area contributed by atoms with Crippen LogP contribution in [0.15, 0.2) is 24.4 Å². The van der Waals surface area contributed by atoms with Crippen LogP contribution in [0.4, 0.5) is 10.6 Å². The highest BCUT2D eigenvalue weighted by Crippen LogP contribution is 1.99. The lowest BCUT2D eigenvalue weighted by Crippen LogP contribution is -2.30. The van der Waals surface area contributed by atoms with Gasteiger partial charge in [-0.2, -0.15) is 11.8 Å². The molecule has 0 spiro atoms. The molecule has 0 aliphatic carbocycles. The molecule has 1 aromatic rings. The van der Waals surface area contributed by atoms with Gasteiger partial charge in [0.2, 0.25) is 0 Å². The van der Waals surface area contributed by atoms with Crippen LogP contribution in [-0.2, 0) is 0 Å². The van der Waals surface area contributed by atoms with Crippen LogP contribution in [0.3, 0.4) is 0 Å². The third kappa shape index (κ3) is 5.27. The largest absolute Gasteiger partial charge is 0.337 e. The fraction of sp³-hybridized carbons (Fsp3) is 0.400. The Balaban J connectivity index is 2.19. The van der Waals surface area contributed by atoms with Gasteiger partial charge in [-0.1, -0.05) is 13.0 Å². The molecular formula is C10H15N3OS. The topological polar surface area (TPSA) is 54.0 Å². The minimum atomic E-state index is -0.203. The molecule has 1 aromatic heterocycles. The number of pyridine rings is 1. The fourth-order valence-corrected chi connectivity index (χ4v) is 1.51. The standard InChI is InChI=1S/C10H15N3OS/c1-2-15-8-7-12-10(14)13-9-5-3-4-6-11-9/h3-6H,2,7-8H2,1H3,(H2,11,12,13,14). The van der Waals surface area contributed by atoms with Crippen molar-refractivity contribution in [1.82, 2.24) is 10.3 Å². The van der Waals surface area contributed by atoms with Gasteiger partial charge in [0.05, 0.1) is 0 Å². The zero-order valence-electron chi connectivity index (χ0n) is 8.69. The lowest BCUT2D eigenvalue weighted by atomic mass is 10.5. The predicted octanol–water partition coefficient (Wildman–Crippen LogP) is 1.96. The zero-order valence-corrected chi connectivity index (χ0v) is 9.51. The van der Waals surface area contributed by atoms with E-state index in [4.69, 9.17) is 0 Å². The lowest BCUT2D eigenvalue weighted by molar-refractivity contribution is 0.252. The van der Waals surface area contributed by atoms with E-state index in [-0.39, 0.29) is 6.03 Å². The van der Waals surface area contributed by atoms with Crippen LogP contribution in [0.5, 0.6) is 0 Å². The summed E-state index contributed by atoms with van der Waals surface area (Å²) in [4.78, 5) is 15.3. The summed E-state index contributed by atoms with van der Waals surface area (Å²) in [5.41, 5.74) is 0. The number of thioether (sulfide) groups is 1. The summed E-state index contributed by atoms with van der Waals surface area (Å²) < 4.78 is 0. The van der Waals surface area contributed by atoms with Gasteiger partial charge in [0.1, 0.15) is 5.82 Å². The van der Waals surface area contributed by atoms with Crippen molar-refractivity contribution >= 4 is 23.6 Å². The number of aromatic nitrogens is 1. The third-order valence-electron chi connectivity index (χ3n) is 1.64. The van der Waals surface area contributed by atoms with E-state index in [0.717, 1.165) is 11.5 Å². The van der Waals surface area contributed by atoms with E-state index in [1.54, 1.807) is 30.1 Å². The highest BCUT2D eigenvalue weighted by molar-refractivity contribution is 7.99. The Labute approximate surface area is 93.9 Å². The molecule has 2 N–H and O–H groups in total. The second-order valence-electron chi connectivity index (χ2n) is 2.79. The zero-order chi connectivity index (χ0) is 10.9. The Kier molecular flexibility index (Phi) is 5.62. The van der Waals surface area contributed by atoms with E-state index in [1.807, 2.05) is 6.07 Å². The molecule has 1 heterocycles. The molecule has 0 saturated heterocycles. The second-order valence-corrected chi connectivity index (χ2v) is 4.19. The third-order valence-corrected chi connectivity index (χ3v) is 2.54. The first-order chi connectivity index (χ1) is 7.33. The Hall–Kier alpha value is -1.23. The molecule has 4 nitrogen and oxygen atoms in total. The van der Waals surface area contributed by atoms with Crippen LogP contribution >= 0.6 is 11.8 Å². The van der Waals surface area contributed by atoms with Crippen molar-refractivity contribution in [3.05, 3.63) is 24.4 Å². The normalized spacial score (nSPS) is 9.67. The molecule has 5 heteroatoms. The summed E-state index contributed by atoms with van der Waals surface area (Å²) in [6, 6.07) is 5.18. The molecule has 0 aliphatic rings. The van der Waals surface area contributed by atoms with Gasteiger partial charge in [-0.25, -0.2) is 9.78 Å². The van der Waals surface area contributed by atoms with Crippen molar-refractivity contribution in [2.75, 3.05) is 23.4 Å². The summed E-state index contributed by atoms with van der Waals surface area (Å²) in [6.45, 7) is 2.77. The molecule has 0 radical (unpaired) electrons. The van der Waals surface area contributed by atoms with Gasteiger partial charge in [0.15, 0.2) is 0 Å². The maximum Gasteiger partial charge on any atom is 0.320 e. The van der Waals surface area contributed by atoms with Crippen molar-refractivity contribution in [3.8, 4) is 0 Å². The molecular weight excluding hydrogens is 210 g/mol. The van der Waals surface area contributed by atoms with E-state index in [2.05, 4.69) is 22.5 Å². The molecule has 0 fully saturated rings. The molecule has 1 rings (SSSR count). The first-order valence-electron chi connectivity index (χ1n) is 4.86. The van der Waals surface area contributed by atoms with E-state index >= 15 is 0 Å². The summed E-state index contributed by atoms with van der Waals surface area (Å²) in [5.74, 6) is 2.58. The van der Waals surface area contributed by atoms with Crippen LogP contribution in [0.25, 0.3) is 0 Å². The summed E-state index contributed by atoms with van der Waals surface area (Å²) in [5, 5.41) is 5.40. The van der Waals surface area contributed by atoms with Crippen molar-refractivity contribution < 1.29 is 4.79 Å². The Morgan fingerprint density at radius 3 is 3.07 bits per heavy atom. The van der Waals surface area contributed by atoms with Crippen LogP contribution in [0.1, 0.15) is 6.92 Å². The number of urea groups is 1. The van der Waals surface area contributed by atoms with Gasteiger partial charge in [0, 0.05) is 18.5 Å². The molecule has 0 unspecified atom stereocenters. The molecule has 0 saturated carbocycles. The van der Waals surface area contributed by atoms with Gasteiger partial charge in [-0.05, 0) is 17.9 Å². The Bertz CT molecular complexity index is 292. The number of nitrogens with zero attached hydrogens (tertiary/aromatic N) is 1. The number of anilines is 1.